The quantitative estimate of drug-likeness (QED) is 0.592. The number of hydrogen-bond donors (Lipinski definition) is 2. The zero-order valence-electron chi connectivity index (χ0n) is 18.1. The van der Waals surface area contributed by atoms with E-state index in [1.807, 2.05) is 30.3 Å². The van der Waals surface area contributed by atoms with E-state index in [1.165, 1.54) is 0 Å². The summed E-state index contributed by atoms with van der Waals surface area (Å²) in [7, 11) is -2.39. The summed E-state index contributed by atoms with van der Waals surface area (Å²) in [6.07, 6.45) is -2.62. The maximum Gasteiger partial charge on any atom is 0.416 e. The highest BCUT2D eigenvalue weighted by atomic mass is 32.2. The van der Waals surface area contributed by atoms with E-state index in [0.717, 1.165) is 29.8 Å². The number of halogens is 3. The lowest BCUT2D eigenvalue weighted by molar-refractivity contribution is -0.137. The Morgan fingerprint density at radius 1 is 1.03 bits per heavy atom. The largest absolute Gasteiger partial charge is 0.416 e. The van der Waals surface area contributed by atoms with E-state index in [1.54, 1.807) is 7.11 Å². The summed E-state index contributed by atoms with van der Waals surface area (Å²) in [5, 5.41) is 3.02. The molecule has 1 aliphatic carbocycles. The van der Waals surface area contributed by atoms with Crippen molar-refractivity contribution in [2.24, 2.45) is 5.92 Å². The molecule has 180 valence electrons. The van der Waals surface area contributed by atoms with E-state index in [2.05, 4.69) is 10.0 Å². The van der Waals surface area contributed by atoms with Crippen LogP contribution in [0.3, 0.4) is 0 Å². The highest BCUT2D eigenvalue weighted by Gasteiger charge is 2.32. The topological polar surface area (TPSA) is 84.5 Å². The normalized spacial score (nSPS) is 20.2. The smallest absolute Gasteiger partial charge is 0.382 e. The molecule has 0 radical (unpaired) electrons. The molecule has 6 nitrogen and oxygen atoms in total. The fourth-order valence-electron chi connectivity index (χ4n) is 3.95. The van der Waals surface area contributed by atoms with Crippen LogP contribution in [0.5, 0.6) is 0 Å². The molecule has 33 heavy (non-hydrogen) atoms. The molecule has 2 aromatic rings. The molecule has 0 aromatic heterocycles. The third-order valence-corrected chi connectivity index (χ3v) is 7.30. The zero-order valence-corrected chi connectivity index (χ0v) is 19.0. The van der Waals surface area contributed by atoms with Gasteiger partial charge in [-0.2, -0.15) is 13.2 Å². The van der Waals surface area contributed by atoms with Gasteiger partial charge in [-0.1, -0.05) is 30.3 Å². The minimum Gasteiger partial charge on any atom is -0.382 e. The Bertz CT molecular complexity index is 1020. The van der Waals surface area contributed by atoms with Crippen LogP contribution in [0.1, 0.15) is 42.9 Å². The maximum atomic E-state index is 12.8. The fraction of sp³-hybridized carbons (Fsp3) is 0.435. The van der Waals surface area contributed by atoms with Crippen molar-refractivity contribution in [3.05, 3.63) is 65.7 Å². The first-order chi connectivity index (χ1) is 15.6. The second-order valence-corrected chi connectivity index (χ2v) is 9.83. The average molecular weight is 485 g/mol. The van der Waals surface area contributed by atoms with Gasteiger partial charge in [-0.25, -0.2) is 13.1 Å². The standard InChI is InChI=1S/C23H27F3N2O4S/c1-32-15-21(16-5-3-2-4-6-16)27-22(29)17-7-11-19(12-8-17)28-33(30,31)20-13-9-18(10-14-20)23(24,25)26/h2-6,9-10,13-14,17,19,21,28H,7-8,11-12,15H2,1H3,(H,27,29)/t17-,19-,21-/m1/s1. The number of alkyl halides is 3. The molecular formula is C23H27F3N2O4S. The number of methoxy groups -OCH3 is 1. The second kappa shape index (κ2) is 10.7. The van der Waals surface area contributed by atoms with Gasteiger partial charge in [0.05, 0.1) is 23.1 Å². The van der Waals surface area contributed by atoms with Gasteiger partial charge < -0.3 is 10.1 Å². The van der Waals surface area contributed by atoms with Crippen molar-refractivity contribution in [3.63, 3.8) is 0 Å². The van der Waals surface area contributed by atoms with Crippen molar-refractivity contribution in [1.82, 2.24) is 10.0 Å². The third-order valence-electron chi connectivity index (χ3n) is 5.76. The minimum absolute atomic E-state index is 0.107. The monoisotopic (exact) mass is 484 g/mol. The Kier molecular flexibility index (Phi) is 8.14. The van der Waals surface area contributed by atoms with Gasteiger partial charge in [0.1, 0.15) is 0 Å². The molecule has 0 bridgehead atoms. The van der Waals surface area contributed by atoms with Gasteiger partial charge in [-0.3, -0.25) is 4.79 Å². The van der Waals surface area contributed by atoms with Crippen LogP contribution in [0.15, 0.2) is 59.5 Å². The summed E-state index contributed by atoms with van der Waals surface area (Å²) in [6, 6.07) is 12.2. The number of benzene rings is 2. The summed E-state index contributed by atoms with van der Waals surface area (Å²) < 4.78 is 71.0. The van der Waals surface area contributed by atoms with E-state index in [9.17, 15) is 26.4 Å². The summed E-state index contributed by atoms with van der Waals surface area (Å²) in [6.45, 7) is 0.331. The summed E-state index contributed by atoms with van der Waals surface area (Å²) in [4.78, 5) is 12.6. The molecule has 1 amide bonds. The number of ether oxygens (including phenoxy) is 1. The van der Waals surface area contributed by atoms with Gasteiger partial charge in [0, 0.05) is 19.1 Å². The van der Waals surface area contributed by atoms with Crippen molar-refractivity contribution in [2.45, 2.75) is 48.8 Å². The number of hydrogen-bond acceptors (Lipinski definition) is 4. The van der Waals surface area contributed by atoms with Crippen LogP contribution in [-0.2, 0) is 25.7 Å². The molecule has 1 aliphatic rings. The Hall–Kier alpha value is -2.43. The predicted molar refractivity (Wildman–Crippen MR) is 117 cm³/mol. The van der Waals surface area contributed by atoms with Crippen LogP contribution >= 0.6 is 0 Å². The second-order valence-electron chi connectivity index (χ2n) is 8.12. The molecule has 2 N–H and O–H groups in total. The Labute approximate surface area is 191 Å². The lowest BCUT2D eigenvalue weighted by Gasteiger charge is -2.29. The first-order valence-electron chi connectivity index (χ1n) is 10.6. The first-order valence-corrected chi connectivity index (χ1v) is 12.1. The SMILES string of the molecule is COC[C@@H](NC(=O)[C@H]1CC[C@H](NS(=O)(=O)c2ccc(C(F)(F)F)cc2)CC1)c1ccccc1. The molecule has 0 unspecified atom stereocenters. The van der Waals surface area contributed by atoms with Gasteiger partial charge in [0.25, 0.3) is 0 Å². The average Bonchev–Trinajstić information content (AvgIpc) is 2.79. The van der Waals surface area contributed by atoms with Gasteiger partial charge in [0.15, 0.2) is 0 Å². The van der Waals surface area contributed by atoms with Gasteiger partial charge in [0.2, 0.25) is 15.9 Å². The number of amides is 1. The summed E-state index contributed by atoms with van der Waals surface area (Å²) >= 11 is 0. The van der Waals surface area contributed by atoms with E-state index < -0.39 is 21.8 Å². The van der Waals surface area contributed by atoms with Crippen LogP contribution in [-0.4, -0.2) is 34.1 Å². The molecule has 0 spiro atoms. The van der Waals surface area contributed by atoms with Crippen molar-refractivity contribution < 1.29 is 31.1 Å². The van der Waals surface area contributed by atoms with Crippen LogP contribution < -0.4 is 10.0 Å². The van der Waals surface area contributed by atoms with E-state index in [0.29, 0.717) is 32.3 Å². The summed E-state index contributed by atoms with van der Waals surface area (Å²) in [5.74, 6) is -0.357. The molecular weight excluding hydrogens is 457 g/mol. The van der Waals surface area contributed by atoms with Crippen molar-refractivity contribution >= 4 is 15.9 Å². The lowest BCUT2D eigenvalue weighted by Crippen LogP contribution is -2.42. The fourth-order valence-corrected chi connectivity index (χ4v) is 5.25. The van der Waals surface area contributed by atoms with Crippen molar-refractivity contribution in [2.75, 3.05) is 13.7 Å². The maximum absolute atomic E-state index is 12.8. The first kappa shape index (κ1) is 25.2. The molecule has 0 saturated heterocycles. The van der Waals surface area contributed by atoms with E-state index >= 15 is 0 Å². The molecule has 0 aliphatic heterocycles. The van der Waals surface area contributed by atoms with Crippen LogP contribution in [0.4, 0.5) is 13.2 Å². The van der Waals surface area contributed by atoms with Crippen molar-refractivity contribution in [3.8, 4) is 0 Å². The van der Waals surface area contributed by atoms with Crippen molar-refractivity contribution in [1.29, 1.82) is 0 Å². The molecule has 3 rings (SSSR count). The number of carbonyl (C=O) groups is 1. The zero-order chi connectivity index (χ0) is 24.1. The highest BCUT2D eigenvalue weighted by Crippen LogP contribution is 2.30. The molecule has 2 aromatic carbocycles. The predicted octanol–water partition coefficient (Wildman–Crippen LogP) is 4.05. The van der Waals surface area contributed by atoms with E-state index in [-0.39, 0.29) is 28.8 Å². The third kappa shape index (κ3) is 6.78. The van der Waals surface area contributed by atoms with Gasteiger partial charge >= 0.3 is 6.18 Å². The molecule has 1 fully saturated rings. The van der Waals surface area contributed by atoms with E-state index in [4.69, 9.17) is 4.74 Å². The Morgan fingerprint density at radius 3 is 2.18 bits per heavy atom. The Balaban J connectivity index is 1.55. The molecule has 1 atom stereocenters. The van der Waals surface area contributed by atoms with Gasteiger partial charge in [-0.05, 0) is 55.5 Å². The number of carbonyl (C=O) groups excluding carboxylic acids is 1. The molecule has 0 heterocycles. The molecule has 10 heteroatoms. The lowest BCUT2D eigenvalue weighted by atomic mass is 9.85. The molecule has 1 saturated carbocycles. The van der Waals surface area contributed by atoms with Crippen LogP contribution in [0.25, 0.3) is 0 Å². The van der Waals surface area contributed by atoms with Gasteiger partial charge in [-0.15, -0.1) is 0 Å². The minimum atomic E-state index is -4.53. The van der Waals surface area contributed by atoms with Crippen LogP contribution in [0.2, 0.25) is 0 Å². The summed E-state index contributed by atoms with van der Waals surface area (Å²) in [5.41, 5.74) is 0.0286. The highest BCUT2D eigenvalue weighted by molar-refractivity contribution is 7.89. The van der Waals surface area contributed by atoms with Crippen LogP contribution in [0, 0.1) is 5.92 Å². The number of nitrogens with one attached hydrogen (secondary N) is 2. The number of rotatable bonds is 8. The Morgan fingerprint density at radius 2 is 1.64 bits per heavy atom. The number of sulfonamides is 1.